The first-order chi connectivity index (χ1) is 13.9. The van der Waals surface area contributed by atoms with Crippen LogP contribution in [0.1, 0.15) is 23.2 Å². The molecule has 29 heavy (non-hydrogen) atoms. The summed E-state index contributed by atoms with van der Waals surface area (Å²) in [6.07, 6.45) is 1.50. The molecule has 2 aromatic carbocycles. The molecule has 0 spiro atoms. The summed E-state index contributed by atoms with van der Waals surface area (Å²) in [5.74, 6) is -0.213. The number of amides is 1. The molecule has 0 atom stereocenters. The highest BCUT2D eigenvalue weighted by Gasteiger charge is 2.27. The van der Waals surface area contributed by atoms with Gasteiger partial charge < -0.3 is 9.80 Å². The zero-order valence-corrected chi connectivity index (χ0v) is 16.9. The lowest BCUT2D eigenvalue weighted by molar-refractivity contribution is 0.0747. The van der Waals surface area contributed by atoms with E-state index >= 15 is 0 Å². The van der Waals surface area contributed by atoms with E-state index in [2.05, 4.69) is 4.90 Å². The fourth-order valence-electron chi connectivity index (χ4n) is 3.88. The Hall–Kier alpha value is -2.61. The smallest absolute Gasteiger partial charge is 0.254 e. The van der Waals surface area contributed by atoms with Crippen molar-refractivity contribution in [2.24, 2.45) is 0 Å². The van der Waals surface area contributed by atoms with Crippen molar-refractivity contribution in [3.05, 3.63) is 59.9 Å². The molecule has 2 aliphatic rings. The summed E-state index contributed by atoms with van der Waals surface area (Å²) in [4.78, 5) is 16.9. The summed E-state index contributed by atoms with van der Waals surface area (Å²) < 4.78 is 39.2. The van der Waals surface area contributed by atoms with Gasteiger partial charge in [-0.3, -0.25) is 9.10 Å². The molecular formula is C21H24FN3O3S. The van der Waals surface area contributed by atoms with Gasteiger partial charge in [-0.2, -0.15) is 0 Å². The van der Waals surface area contributed by atoms with E-state index in [4.69, 9.17) is 0 Å². The van der Waals surface area contributed by atoms with Crippen LogP contribution in [0.4, 0.5) is 15.8 Å². The maximum Gasteiger partial charge on any atom is 0.254 e. The lowest BCUT2D eigenvalue weighted by atomic mass is 10.1. The van der Waals surface area contributed by atoms with Gasteiger partial charge in [-0.15, -0.1) is 0 Å². The monoisotopic (exact) mass is 417 g/mol. The molecule has 2 fully saturated rings. The average molecular weight is 418 g/mol. The molecule has 0 saturated carbocycles. The van der Waals surface area contributed by atoms with Crippen LogP contribution in [0.25, 0.3) is 0 Å². The minimum absolute atomic E-state index is 0.0972. The van der Waals surface area contributed by atoms with E-state index < -0.39 is 10.0 Å². The van der Waals surface area contributed by atoms with Crippen LogP contribution in [-0.2, 0) is 10.0 Å². The van der Waals surface area contributed by atoms with Crippen LogP contribution in [0.5, 0.6) is 0 Å². The molecular weight excluding hydrogens is 393 g/mol. The zero-order chi connectivity index (χ0) is 20.4. The number of halogens is 1. The molecule has 0 radical (unpaired) electrons. The predicted molar refractivity (Wildman–Crippen MR) is 111 cm³/mol. The first kappa shape index (κ1) is 19.7. The molecule has 154 valence electrons. The Balaban J connectivity index is 1.45. The summed E-state index contributed by atoms with van der Waals surface area (Å²) in [5.41, 5.74) is 2.00. The van der Waals surface area contributed by atoms with Crippen molar-refractivity contribution in [2.75, 3.05) is 47.7 Å². The van der Waals surface area contributed by atoms with E-state index in [0.717, 1.165) is 12.1 Å². The van der Waals surface area contributed by atoms with Crippen LogP contribution >= 0.6 is 0 Å². The number of sulfonamides is 1. The van der Waals surface area contributed by atoms with Gasteiger partial charge in [0.15, 0.2) is 0 Å². The minimum atomic E-state index is -3.31. The van der Waals surface area contributed by atoms with Crippen LogP contribution in [0.2, 0.25) is 0 Å². The van der Waals surface area contributed by atoms with E-state index in [-0.39, 0.29) is 17.5 Å². The molecule has 4 rings (SSSR count). The molecule has 2 aromatic rings. The Morgan fingerprint density at radius 3 is 2.28 bits per heavy atom. The van der Waals surface area contributed by atoms with Gasteiger partial charge in [-0.05, 0) is 55.3 Å². The van der Waals surface area contributed by atoms with Crippen molar-refractivity contribution in [2.45, 2.75) is 12.8 Å². The number of hydrogen-bond donors (Lipinski definition) is 0. The van der Waals surface area contributed by atoms with Crippen molar-refractivity contribution in [3.8, 4) is 0 Å². The van der Waals surface area contributed by atoms with Crippen molar-refractivity contribution in [1.82, 2.24) is 4.90 Å². The maximum absolute atomic E-state index is 13.1. The second-order valence-electron chi connectivity index (χ2n) is 7.40. The Morgan fingerprint density at radius 1 is 0.862 bits per heavy atom. The molecule has 0 unspecified atom stereocenters. The lowest BCUT2D eigenvalue weighted by Gasteiger charge is -2.36. The second-order valence-corrected chi connectivity index (χ2v) is 9.41. The van der Waals surface area contributed by atoms with Crippen molar-refractivity contribution < 1.29 is 17.6 Å². The first-order valence-corrected chi connectivity index (χ1v) is 11.5. The highest BCUT2D eigenvalue weighted by atomic mass is 32.2. The highest BCUT2D eigenvalue weighted by Crippen LogP contribution is 2.25. The third kappa shape index (κ3) is 4.22. The van der Waals surface area contributed by atoms with E-state index in [0.29, 0.717) is 50.4 Å². The van der Waals surface area contributed by atoms with Crippen LogP contribution in [-0.4, -0.2) is 57.7 Å². The van der Waals surface area contributed by atoms with Crippen LogP contribution < -0.4 is 9.21 Å². The number of nitrogens with zero attached hydrogens (tertiary/aromatic N) is 3. The van der Waals surface area contributed by atoms with Crippen LogP contribution in [0, 0.1) is 5.82 Å². The van der Waals surface area contributed by atoms with Crippen LogP contribution in [0.15, 0.2) is 48.5 Å². The van der Waals surface area contributed by atoms with Crippen molar-refractivity contribution in [3.63, 3.8) is 0 Å². The van der Waals surface area contributed by atoms with Gasteiger partial charge in [-0.1, -0.05) is 6.07 Å². The third-order valence-electron chi connectivity index (χ3n) is 5.49. The predicted octanol–water partition coefficient (Wildman–Crippen LogP) is 2.72. The average Bonchev–Trinajstić information content (AvgIpc) is 2.74. The van der Waals surface area contributed by atoms with Gasteiger partial charge in [0.05, 0.1) is 11.4 Å². The Kier molecular flexibility index (Phi) is 5.45. The molecule has 2 saturated heterocycles. The molecule has 2 aliphatic heterocycles. The molecule has 2 heterocycles. The topological polar surface area (TPSA) is 60.9 Å². The van der Waals surface area contributed by atoms with Crippen molar-refractivity contribution in [1.29, 1.82) is 0 Å². The molecule has 0 aliphatic carbocycles. The fraction of sp³-hybridized carbons (Fsp3) is 0.381. The number of rotatable bonds is 3. The summed E-state index contributed by atoms with van der Waals surface area (Å²) in [7, 11) is -3.31. The molecule has 1 amide bonds. The van der Waals surface area contributed by atoms with E-state index in [1.54, 1.807) is 41.3 Å². The number of piperazine rings is 1. The minimum Gasteiger partial charge on any atom is -0.368 e. The van der Waals surface area contributed by atoms with Gasteiger partial charge >= 0.3 is 0 Å². The fourth-order valence-corrected chi connectivity index (χ4v) is 5.51. The number of hydrogen-bond acceptors (Lipinski definition) is 4. The maximum atomic E-state index is 13.1. The number of carbonyl (C=O) groups excluding carboxylic acids is 1. The van der Waals surface area contributed by atoms with Crippen LogP contribution in [0.3, 0.4) is 0 Å². The van der Waals surface area contributed by atoms with Gasteiger partial charge in [-0.25, -0.2) is 12.8 Å². The summed E-state index contributed by atoms with van der Waals surface area (Å²) in [5, 5.41) is 0. The Morgan fingerprint density at radius 2 is 1.59 bits per heavy atom. The summed E-state index contributed by atoms with van der Waals surface area (Å²) in [6.45, 7) is 2.90. The first-order valence-electron chi connectivity index (χ1n) is 9.84. The zero-order valence-electron chi connectivity index (χ0n) is 16.1. The molecule has 0 bridgehead atoms. The lowest BCUT2D eigenvalue weighted by Crippen LogP contribution is -2.48. The van der Waals surface area contributed by atoms with Gasteiger partial charge in [0, 0.05) is 44.0 Å². The molecule has 6 nitrogen and oxygen atoms in total. The van der Waals surface area contributed by atoms with Gasteiger partial charge in [0.1, 0.15) is 5.82 Å². The second kappa shape index (κ2) is 8.02. The normalized spacial score (nSPS) is 19.3. The van der Waals surface area contributed by atoms with E-state index in [1.807, 2.05) is 0 Å². The number of anilines is 2. The number of carbonyl (C=O) groups is 1. The quantitative estimate of drug-likeness (QED) is 0.771. The van der Waals surface area contributed by atoms with Gasteiger partial charge in [0.25, 0.3) is 5.91 Å². The Bertz CT molecular complexity index is 986. The summed E-state index contributed by atoms with van der Waals surface area (Å²) >= 11 is 0. The molecule has 0 aromatic heterocycles. The molecule has 0 N–H and O–H groups in total. The number of benzene rings is 2. The van der Waals surface area contributed by atoms with E-state index in [9.17, 15) is 17.6 Å². The SMILES string of the molecule is O=C(c1cccc(N2CCCCS2(=O)=O)c1)N1CCN(c2ccc(F)cc2)CC1. The highest BCUT2D eigenvalue weighted by molar-refractivity contribution is 7.92. The standard InChI is InChI=1S/C21H24FN3O3S/c22-18-6-8-19(9-7-18)23-11-13-24(14-12-23)21(26)17-4-3-5-20(16-17)25-10-1-2-15-29(25,27)28/h3-9,16H,1-2,10-15H2. The largest absolute Gasteiger partial charge is 0.368 e. The molecule has 8 heteroatoms. The van der Waals surface area contributed by atoms with Gasteiger partial charge in [0.2, 0.25) is 10.0 Å². The van der Waals surface area contributed by atoms with E-state index in [1.165, 1.54) is 16.4 Å². The Labute approximate surface area is 170 Å². The third-order valence-corrected chi connectivity index (χ3v) is 7.36. The van der Waals surface area contributed by atoms with Crippen molar-refractivity contribution >= 4 is 27.3 Å². The summed E-state index contributed by atoms with van der Waals surface area (Å²) in [6, 6.07) is 13.3.